The van der Waals surface area contributed by atoms with Gasteiger partial charge in [0.05, 0.1) is 11.7 Å². The van der Waals surface area contributed by atoms with E-state index in [9.17, 15) is 10.2 Å². The minimum Gasteiger partial charge on any atom is -0.393 e. The Morgan fingerprint density at radius 3 is 1.77 bits per heavy atom. The van der Waals surface area contributed by atoms with Crippen LogP contribution in [0.1, 0.15) is 90.4 Å². The number of unbranched alkanes of at least 4 members (excludes halogenated alkanes) is 8. The lowest BCUT2D eigenvalue weighted by molar-refractivity contribution is -0.00899. The highest BCUT2D eigenvalue weighted by atomic mass is 16.3. The highest BCUT2D eigenvalue weighted by Gasteiger charge is 2.26. The normalized spacial score (nSPS) is 13.0. The molecule has 0 heterocycles. The van der Waals surface area contributed by atoms with Crippen LogP contribution in [0.15, 0.2) is 25.3 Å². The van der Waals surface area contributed by atoms with Crippen LogP contribution >= 0.6 is 0 Å². The van der Waals surface area contributed by atoms with Crippen molar-refractivity contribution in [2.75, 3.05) is 0 Å². The summed E-state index contributed by atoms with van der Waals surface area (Å²) in [5.41, 5.74) is -0.873. The van der Waals surface area contributed by atoms with Crippen LogP contribution < -0.4 is 0 Å². The first-order chi connectivity index (χ1) is 10.6. The average molecular weight is 311 g/mol. The quantitative estimate of drug-likeness (QED) is 0.290. The van der Waals surface area contributed by atoms with E-state index in [1.165, 1.54) is 51.4 Å². The molecular formula is C20H38O2. The smallest absolute Gasteiger partial charge is 0.0740 e. The molecule has 1 atom stereocenters. The van der Waals surface area contributed by atoms with Crippen LogP contribution in [0.2, 0.25) is 0 Å². The Hall–Kier alpha value is -0.600. The van der Waals surface area contributed by atoms with Gasteiger partial charge in [-0.15, -0.1) is 13.2 Å². The third kappa shape index (κ3) is 12.0. The molecule has 0 aliphatic rings. The van der Waals surface area contributed by atoms with Crippen LogP contribution in [-0.2, 0) is 0 Å². The summed E-state index contributed by atoms with van der Waals surface area (Å²) in [5, 5.41) is 20.5. The molecule has 2 heteroatoms. The maximum atomic E-state index is 10.4. The van der Waals surface area contributed by atoms with Gasteiger partial charge in [0.25, 0.3) is 0 Å². The van der Waals surface area contributed by atoms with Crippen molar-refractivity contribution in [3.05, 3.63) is 25.3 Å². The summed E-state index contributed by atoms with van der Waals surface area (Å²) >= 11 is 0. The van der Waals surface area contributed by atoms with E-state index < -0.39 is 11.7 Å². The van der Waals surface area contributed by atoms with Crippen molar-refractivity contribution in [2.45, 2.75) is 102 Å². The number of aliphatic hydroxyl groups is 2. The van der Waals surface area contributed by atoms with Crippen molar-refractivity contribution in [2.24, 2.45) is 0 Å². The number of aliphatic hydroxyl groups excluding tert-OH is 1. The summed E-state index contributed by atoms with van der Waals surface area (Å²) in [7, 11) is 0. The largest absolute Gasteiger partial charge is 0.393 e. The van der Waals surface area contributed by atoms with Crippen molar-refractivity contribution in [1.29, 1.82) is 0 Å². The fourth-order valence-corrected chi connectivity index (χ4v) is 3.02. The Morgan fingerprint density at radius 2 is 1.32 bits per heavy atom. The summed E-state index contributed by atoms with van der Waals surface area (Å²) in [6.07, 6.45) is 16.8. The maximum Gasteiger partial charge on any atom is 0.0740 e. The van der Waals surface area contributed by atoms with E-state index in [2.05, 4.69) is 20.1 Å². The van der Waals surface area contributed by atoms with Gasteiger partial charge in [0.2, 0.25) is 0 Å². The second kappa shape index (κ2) is 14.0. The minimum absolute atomic E-state index is 0.419. The van der Waals surface area contributed by atoms with Crippen LogP contribution in [0.5, 0.6) is 0 Å². The zero-order valence-corrected chi connectivity index (χ0v) is 14.7. The van der Waals surface area contributed by atoms with Crippen LogP contribution in [0, 0.1) is 0 Å². The lowest BCUT2D eigenvalue weighted by Crippen LogP contribution is -2.32. The van der Waals surface area contributed by atoms with Crippen LogP contribution in [0.4, 0.5) is 0 Å². The molecule has 22 heavy (non-hydrogen) atoms. The lowest BCUT2D eigenvalue weighted by atomic mass is 9.87. The van der Waals surface area contributed by atoms with Gasteiger partial charge in [-0.1, -0.05) is 76.9 Å². The van der Waals surface area contributed by atoms with Gasteiger partial charge in [-0.25, -0.2) is 0 Å². The van der Waals surface area contributed by atoms with Gasteiger partial charge >= 0.3 is 0 Å². The molecule has 0 aromatic heterocycles. The SMILES string of the molecule is C=CCC(O)(CC=C)CC(O)CCCCCCCCCCC. The van der Waals surface area contributed by atoms with E-state index in [-0.39, 0.29) is 0 Å². The van der Waals surface area contributed by atoms with Crippen LogP contribution in [0.3, 0.4) is 0 Å². The molecule has 130 valence electrons. The first-order valence-electron chi connectivity index (χ1n) is 9.20. The molecule has 0 aromatic rings. The molecule has 0 aliphatic heterocycles. The fourth-order valence-electron chi connectivity index (χ4n) is 3.02. The highest BCUT2D eigenvalue weighted by Crippen LogP contribution is 2.25. The molecule has 0 rings (SSSR count). The minimum atomic E-state index is -0.873. The van der Waals surface area contributed by atoms with E-state index in [1.54, 1.807) is 12.2 Å². The second-order valence-electron chi connectivity index (χ2n) is 6.68. The van der Waals surface area contributed by atoms with E-state index in [1.807, 2.05) is 0 Å². The fraction of sp³-hybridized carbons (Fsp3) is 0.800. The van der Waals surface area contributed by atoms with Gasteiger partial charge in [0.1, 0.15) is 0 Å². The standard InChI is InChI=1S/C20H38O2/c1-4-7-8-9-10-11-12-13-14-15-19(21)18-20(22,16-5-2)17-6-3/h5-6,19,21-22H,2-4,7-18H2,1H3. The first-order valence-corrected chi connectivity index (χ1v) is 9.20. The Balaban J connectivity index is 3.65. The Kier molecular flexibility index (Phi) is 13.6. The summed E-state index contributed by atoms with van der Waals surface area (Å²) in [4.78, 5) is 0. The zero-order valence-electron chi connectivity index (χ0n) is 14.7. The molecular weight excluding hydrogens is 272 g/mol. The van der Waals surface area contributed by atoms with Crippen LogP contribution in [-0.4, -0.2) is 21.9 Å². The van der Waals surface area contributed by atoms with Crippen molar-refractivity contribution >= 4 is 0 Å². The number of hydrogen-bond donors (Lipinski definition) is 2. The van der Waals surface area contributed by atoms with Gasteiger partial charge in [-0.05, 0) is 19.3 Å². The lowest BCUT2D eigenvalue weighted by Gasteiger charge is -2.28. The van der Waals surface area contributed by atoms with Gasteiger partial charge < -0.3 is 10.2 Å². The van der Waals surface area contributed by atoms with Gasteiger partial charge in [0, 0.05) is 6.42 Å². The molecule has 0 aliphatic carbocycles. The first kappa shape index (κ1) is 21.4. The molecule has 1 unspecified atom stereocenters. The Morgan fingerprint density at radius 1 is 0.864 bits per heavy atom. The molecule has 0 spiro atoms. The monoisotopic (exact) mass is 310 g/mol. The molecule has 2 nitrogen and oxygen atoms in total. The van der Waals surface area contributed by atoms with Gasteiger partial charge in [0.15, 0.2) is 0 Å². The molecule has 0 fully saturated rings. The highest BCUT2D eigenvalue weighted by molar-refractivity contribution is 4.93. The van der Waals surface area contributed by atoms with E-state index >= 15 is 0 Å². The Bertz CT molecular complexity index is 263. The maximum absolute atomic E-state index is 10.4. The van der Waals surface area contributed by atoms with E-state index in [0.717, 1.165) is 12.8 Å². The van der Waals surface area contributed by atoms with Crippen molar-refractivity contribution in [3.8, 4) is 0 Å². The third-order valence-electron chi connectivity index (χ3n) is 4.31. The van der Waals surface area contributed by atoms with Crippen LogP contribution in [0.25, 0.3) is 0 Å². The van der Waals surface area contributed by atoms with Crippen molar-refractivity contribution < 1.29 is 10.2 Å². The van der Waals surface area contributed by atoms with E-state index in [4.69, 9.17) is 0 Å². The van der Waals surface area contributed by atoms with Crippen molar-refractivity contribution in [1.82, 2.24) is 0 Å². The molecule has 0 amide bonds. The average Bonchev–Trinajstić information content (AvgIpc) is 2.45. The predicted octanol–water partition coefficient (Wildman–Crippen LogP) is 5.54. The Labute approximate surface area is 138 Å². The zero-order chi connectivity index (χ0) is 16.7. The molecule has 0 saturated carbocycles. The molecule has 0 bridgehead atoms. The third-order valence-corrected chi connectivity index (χ3v) is 4.31. The molecule has 0 saturated heterocycles. The summed E-state index contributed by atoms with van der Waals surface area (Å²) in [6, 6.07) is 0. The predicted molar refractivity (Wildman–Crippen MR) is 97.0 cm³/mol. The van der Waals surface area contributed by atoms with Gasteiger partial charge in [-0.3, -0.25) is 0 Å². The summed E-state index contributed by atoms with van der Waals surface area (Å²) in [6.45, 7) is 9.61. The van der Waals surface area contributed by atoms with E-state index in [0.29, 0.717) is 19.3 Å². The topological polar surface area (TPSA) is 40.5 Å². The van der Waals surface area contributed by atoms with Gasteiger partial charge in [-0.2, -0.15) is 0 Å². The second-order valence-corrected chi connectivity index (χ2v) is 6.68. The summed E-state index contributed by atoms with van der Waals surface area (Å²) < 4.78 is 0. The number of rotatable bonds is 16. The molecule has 0 aromatic carbocycles. The summed E-state index contributed by atoms with van der Waals surface area (Å²) in [5.74, 6) is 0. The molecule has 2 N–H and O–H groups in total. The molecule has 0 radical (unpaired) electrons. The number of hydrogen-bond acceptors (Lipinski definition) is 2. The van der Waals surface area contributed by atoms with Crippen molar-refractivity contribution in [3.63, 3.8) is 0 Å².